The van der Waals surface area contributed by atoms with E-state index in [9.17, 15) is 4.79 Å². The Labute approximate surface area is 182 Å². The van der Waals surface area contributed by atoms with Gasteiger partial charge in [-0.2, -0.15) is 0 Å². The average molecular weight is 433 g/mol. The lowest BCUT2D eigenvalue weighted by atomic mass is 10.1. The van der Waals surface area contributed by atoms with Gasteiger partial charge in [0.2, 0.25) is 0 Å². The molecular formula is C23H19N3O4S. The first-order valence-electron chi connectivity index (χ1n) is 9.67. The van der Waals surface area contributed by atoms with E-state index >= 15 is 0 Å². The van der Waals surface area contributed by atoms with Crippen molar-refractivity contribution in [2.45, 2.75) is 0 Å². The fourth-order valence-corrected chi connectivity index (χ4v) is 4.41. The first-order chi connectivity index (χ1) is 15.1. The van der Waals surface area contributed by atoms with Gasteiger partial charge in [-0.15, -0.1) is 11.3 Å². The summed E-state index contributed by atoms with van der Waals surface area (Å²) < 4.78 is 16.4. The molecule has 0 aliphatic carbocycles. The van der Waals surface area contributed by atoms with E-state index in [1.165, 1.54) is 11.3 Å². The summed E-state index contributed by atoms with van der Waals surface area (Å²) in [5.74, 6) is 1.74. The molecule has 1 aliphatic heterocycles. The standard InChI is InChI=1S/C23H19N3O4S/c1-28-15-4-2-3-13(11-15)17-7-6-16-20(24)21(31-23(16)26-17)22(27)25-14-5-8-18-19(12-14)30-10-9-29-18/h2-8,11-12H,9-10,24H2,1H3,(H,25,27). The van der Waals surface area contributed by atoms with E-state index < -0.39 is 0 Å². The molecule has 4 aromatic rings. The van der Waals surface area contributed by atoms with Crippen LogP contribution >= 0.6 is 11.3 Å². The number of methoxy groups -OCH3 is 1. The third kappa shape index (κ3) is 3.62. The highest BCUT2D eigenvalue weighted by atomic mass is 32.1. The number of hydrogen-bond acceptors (Lipinski definition) is 7. The van der Waals surface area contributed by atoms with Gasteiger partial charge in [0.05, 0.1) is 18.5 Å². The van der Waals surface area contributed by atoms with Crippen molar-refractivity contribution in [2.24, 2.45) is 0 Å². The summed E-state index contributed by atoms with van der Waals surface area (Å²) in [5, 5.41) is 3.64. The Morgan fingerprint density at radius 1 is 1.10 bits per heavy atom. The molecule has 1 aliphatic rings. The molecule has 0 bridgehead atoms. The lowest BCUT2D eigenvalue weighted by molar-refractivity contribution is 0.103. The highest BCUT2D eigenvalue weighted by Gasteiger charge is 2.19. The molecule has 0 fully saturated rings. The summed E-state index contributed by atoms with van der Waals surface area (Å²) in [6.07, 6.45) is 0. The van der Waals surface area contributed by atoms with Crippen LogP contribution in [0, 0.1) is 0 Å². The summed E-state index contributed by atoms with van der Waals surface area (Å²) in [5.41, 5.74) is 9.02. The van der Waals surface area contributed by atoms with E-state index in [4.69, 9.17) is 24.9 Å². The summed E-state index contributed by atoms with van der Waals surface area (Å²) in [6, 6.07) is 16.8. The van der Waals surface area contributed by atoms with Gasteiger partial charge in [-0.1, -0.05) is 12.1 Å². The quantitative estimate of drug-likeness (QED) is 0.489. The second kappa shape index (κ2) is 7.81. The van der Waals surface area contributed by atoms with Crippen LogP contribution in [0.2, 0.25) is 0 Å². The number of nitrogen functional groups attached to an aromatic ring is 1. The number of ether oxygens (including phenoxy) is 3. The van der Waals surface area contributed by atoms with Crippen LogP contribution in [0.5, 0.6) is 17.2 Å². The molecule has 3 heterocycles. The zero-order valence-electron chi connectivity index (χ0n) is 16.7. The topological polar surface area (TPSA) is 95.7 Å². The van der Waals surface area contributed by atoms with Crippen molar-refractivity contribution >= 4 is 38.8 Å². The number of pyridine rings is 1. The fraction of sp³-hybridized carbons (Fsp3) is 0.130. The Balaban J connectivity index is 1.44. The Morgan fingerprint density at radius 3 is 2.77 bits per heavy atom. The Bertz CT molecular complexity index is 1300. The minimum absolute atomic E-state index is 0.292. The minimum Gasteiger partial charge on any atom is -0.497 e. The number of thiophene rings is 1. The molecule has 2 aromatic heterocycles. The molecule has 0 unspecified atom stereocenters. The number of nitrogens with zero attached hydrogens (tertiary/aromatic N) is 1. The first kappa shape index (κ1) is 19.2. The number of nitrogens with two attached hydrogens (primary N) is 1. The molecular weight excluding hydrogens is 414 g/mol. The second-order valence-corrected chi connectivity index (χ2v) is 7.94. The maximum atomic E-state index is 12.9. The minimum atomic E-state index is -0.292. The van der Waals surface area contributed by atoms with E-state index in [2.05, 4.69) is 5.32 Å². The van der Waals surface area contributed by atoms with E-state index in [1.54, 1.807) is 25.3 Å². The monoisotopic (exact) mass is 433 g/mol. The van der Waals surface area contributed by atoms with Crippen molar-refractivity contribution in [3.8, 4) is 28.5 Å². The molecule has 5 rings (SSSR count). The maximum Gasteiger partial charge on any atom is 0.267 e. The Kier molecular flexibility index (Phi) is 4.83. The van der Waals surface area contributed by atoms with E-state index in [-0.39, 0.29) is 5.91 Å². The van der Waals surface area contributed by atoms with E-state index in [1.807, 2.05) is 36.4 Å². The number of amides is 1. The molecule has 0 atom stereocenters. The predicted molar refractivity (Wildman–Crippen MR) is 121 cm³/mol. The number of nitrogens with one attached hydrogen (secondary N) is 1. The molecule has 0 saturated carbocycles. The summed E-state index contributed by atoms with van der Waals surface area (Å²) in [4.78, 5) is 18.7. The van der Waals surface area contributed by atoms with Crippen molar-refractivity contribution in [3.63, 3.8) is 0 Å². The third-order valence-electron chi connectivity index (χ3n) is 4.97. The van der Waals surface area contributed by atoms with Crippen LogP contribution in [0.25, 0.3) is 21.5 Å². The van der Waals surface area contributed by atoms with Crippen LogP contribution < -0.4 is 25.3 Å². The van der Waals surface area contributed by atoms with E-state index in [0.29, 0.717) is 45.8 Å². The Morgan fingerprint density at radius 2 is 1.94 bits per heavy atom. The van der Waals surface area contributed by atoms with Crippen LogP contribution in [-0.2, 0) is 0 Å². The molecule has 0 saturated heterocycles. The smallest absolute Gasteiger partial charge is 0.267 e. The lowest BCUT2D eigenvalue weighted by Crippen LogP contribution is -2.16. The maximum absolute atomic E-state index is 12.9. The van der Waals surface area contributed by atoms with Gasteiger partial charge in [-0.25, -0.2) is 4.98 Å². The van der Waals surface area contributed by atoms with Gasteiger partial charge in [-0.3, -0.25) is 4.79 Å². The van der Waals surface area contributed by atoms with Crippen molar-refractivity contribution < 1.29 is 19.0 Å². The Hall–Kier alpha value is -3.78. The molecule has 1 amide bonds. The second-order valence-electron chi connectivity index (χ2n) is 6.94. The van der Waals surface area contributed by atoms with Crippen LogP contribution in [0.3, 0.4) is 0 Å². The number of hydrogen-bond donors (Lipinski definition) is 2. The molecule has 0 radical (unpaired) electrons. The van der Waals surface area contributed by atoms with Crippen molar-refractivity contribution in [1.82, 2.24) is 4.98 Å². The third-order valence-corrected chi connectivity index (χ3v) is 6.08. The van der Waals surface area contributed by atoms with Gasteiger partial charge in [-0.05, 0) is 36.4 Å². The normalized spacial score (nSPS) is 12.5. The average Bonchev–Trinajstić information content (AvgIpc) is 3.15. The summed E-state index contributed by atoms with van der Waals surface area (Å²) in [6.45, 7) is 0.997. The number of carbonyl (C=O) groups excluding carboxylic acids is 1. The van der Waals surface area contributed by atoms with E-state index in [0.717, 1.165) is 22.4 Å². The zero-order chi connectivity index (χ0) is 21.4. The van der Waals surface area contributed by atoms with Gasteiger partial charge in [0, 0.05) is 22.7 Å². The van der Waals surface area contributed by atoms with Crippen LogP contribution in [0.15, 0.2) is 54.6 Å². The van der Waals surface area contributed by atoms with Crippen molar-refractivity contribution in [3.05, 3.63) is 59.5 Å². The van der Waals surface area contributed by atoms with Gasteiger partial charge < -0.3 is 25.3 Å². The predicted octanol–water partition coefficient (Wildman–Crippen LogP) is 4.58. The zero-order valence-corrected chi connectivity index (χ0v) is 17.5. The van der Waals surface area contributed by atoms with Gasteiger partial charge in [0.15, 0.2) is 11.5 Å². The molecule has 0 spiro atoms. The molecule has 31 heavy (non-hydrogen) atoms. The van der Waals surface area contributed by atoms with Crippen LogP contribution in [0.4, 0.5) is 11.4 Å². The summed E-state index contributed by atoms with van der Waals surface area (Å²) >= 11 is 1.26. The van der Waals surface area contributed by atoms with Gasteiger partial charge >= 0.3 is 0 Å². The molecule has 2 aromatic carbocycles. The van der Waals surface area contributed by atoms with Crippen LogP contribution in [0.1, 0.15) is 9.67 Å². The van der Waals surface area contributed by atoms with Gasteiger partial charge in [0.1, 0.15) is 28.7 Å². The highest BCUT2D eigenvalue weighted by Crippen LogP contribution is 2.36. The number of benzene rings is 2. The summed E-state index contributed by atoms with van der Waals surface area (Å²) in [7, 11) is 1.63. The van der Waals surface area contributed by atoms with Crippen molar-refractivity contribution in [1.29, 1.82) is 0 Å². The lowest BCUT2D eigenvalue weighted by Gasteiger charge is -2.18. The highest BCUT2D eigenvalue weighted by molar-refractivity contribution is 7.21. The SMILES string of the molecule is COc1cccc(-c2ccc3c(N)c(C(=O)Nc4ccc5c(c4)OCCO5)sc3n2)c1. The van der Waals surface area contributed by atoms with Crippen molar-refractivity contribution in [2.75, 3.05) is 31.4 Å². The fourth-order valence-electron chi connectivity index (χ4n) is 3.42. The number of carbonyl (C=O) groups is 1. The molecule has 8 heteroatoms. The number of fused-ring (bicyclic) bond motifs is 2. The van der Waals surface area contributed by atoms with Gasteiger partial charge in [0.25, 0.3) is 5.91 Å². The van der Waals surface area contributed by atoms with Crippen LogP contribution in [-0.4, -0.2) is 31.2 Å². The number of aromatic nitrogens is 1. The number of rotatable bonds is 4. The molecule has 7 nitrogen and oxygen atoms in total. The largest absolute Gasteiger partial charge is 0.497 e. The molecule has 3 N–H and O–H groups in total. The number of anilines is 2. The first-order valence-corrected chi connectivity index (χ1v) is 10.5. The molecule has 156 valence electrons.